The van der Waals surface area contributed by atoms with Crippen molar-refractivity contribution in [1.82, 2.24) is 10.2 Å². The first kappa shape index (κ1) is 17.5. The van der Waals surface area contributed by atoms with Gasteiger partial charge in [0, 0.05) is 12.6 Å². The maximum absolute atomic E-state index is 12.7. The first-order chi connectivity index (χ1) is 12.4. The van der Waals surface area contributed by atoms with E-state index in [4.69, 9.17) is 0 Å². The van der Waals surface area contributed by atoms with E-state index in [0.717, 1.165) is 50.2 Å². The molecule has 7 heteroatoms. The van der Waals surface area contributed by atoms with Gasteiger partial charge < -0.3 is 10.2 Å². The Labute approximate surface area is 153 Å². The van der Waals surface area contributed by atoms with Crippen LogP contribution in [-0.4, -0.2) is 36.5 Å². The van der Waals surface area contributed by atoms with Crippen LogP contribution < -0.4 is 5.32 Å². The lowest BCUT2D eigenvalue weighted by atomic mass is 9.84. The van der Waals surface area contributed by atoms with Gasteiger partial charge in [-0.15, -0.1) is 11.3 Å². The number of piperidine rings is 3. The van der Waals surface area contributed by atoms with Gasteiger partial charge in [-0.05, 0) is 66.6 Å². The van der Waals surface area contributed by atoms with E-state index in [-0.39, 0.29) is 11.9 Å². The zero-order valence-corrected chi connectivity index (χ0v) is 14.9. The minimum Gasteiger partial charge on any atom is -0.347 e. The van der Waals surface area contributed by atoms with E-state index in [2.05, 4.69) is 10.2 Å². The van der Waals surface area contributed by atoms with Crippen LogP contribution in [-0.2, 0) is 6.18 Å². The molecule has 2 aromatic rings. The van der Waals surface area contributed by atoms with Crippen molar-refractivity contribution in [1.29, 1.82) is 0 Å². The molecule has 1 aromatic heterocycles. The molecule has 0 unspecified atom stereocenters. The van der Waals surface area contributed by atoms with Crippen LogP contribution in [0.4, 0.5) is 13.2 Å². The topological polar surface area (TPSA) is 32.3 Å². The normalized spacial score (nSPS) is 25.3. The number of hydrogen-bond donors (Lipinski definition) is 1. The van der Waals surface area contributed by atoms with E-state index in [1.807, 2.05) is 5.38 Å². The minimum absolute atomic E-state index is 0.0908. The highest BCUT2D eigenvalue weighted by Crippen LogP contribution is 2.32. The van der Waals surface area contributed by atoms with E-state index in [9.17, 15) is 18.0 Å². The molecule has 138 valence electrons. The third-order valence-electron chi connectivity index (χ3n) is 5.34. The highest BCUT2D eigenvalue weighted by Gasteiger charge is 2.35. The second kappa shape index (κ2) is 6.70. The summed E-state index contributed by atoms with van der Waals surface area (Å²) in [6, 6.07) is 6.98. The van der Waals surface area contributed by atoms with E-state index in [1.165, 1.54) is 23.5 Å². The fourth-order valence-corrected chi connectivity index (χ4v) is 4.65. The highest BCUT2D eigenvalue weighted by molar-refractivity contribution is 7.12. The molecule has 0 radical (unpaired) electrons. The average molecular weight is 380 g/mol. The first-order valence-electron chi connectivity index (χ1n) is 8.69. The van der Waals surface area contributed by atoms with E-state index in [0.29, 0.717) is 16.4 Å². The van der Waals surface area contributed by atoms with E-state index < -0.39 is 11.7 Å². The standard InChI is InChI=1S/C19H19F3N2OS/c20-19(21,22)15-3-1-12(2-4-15)14-9-17(26-11-14)18(25)23-16-10-24-7-5-13(16)6-8-24/h1-4,9,11,13,16H,5-8,10H2,(H,23,25)/t16-/m0/s1. The van der Waals surface area contributed by atoms with Crippen LogP contribution in [0.2, 0.25) is 0 Å². The molecule has 3 nitrogen and oxygen atoms in total. The lowest BCUT2D eigenvalue weighted by Gasteiger charge is -2.44. The number of carbonyl (C=O) groups is 1. The number of amides is 1. The number of alkyl halides is 3. The zero-order chi connectivity index (χ0) is 18.3. The van der Waals surface area contributed by atoms with Crippen molar-refractivity contribution in [2.45, 2.75) is 25.1 Å². The number of halogens is 3. The Morgan fingerprint density at radius 1 is 1.12 bits per heavy atom. The molecule has 0 saturated carbocycles. The summed E-state index contributed by atoms with van der Waals surface area (Å²) in [5.74, 6) is 0.463. The minimum atomic E-state index is -4.34. The molecule has 1 amide bonds. The van der Waals surface area contributed by atoms with Crippen molar-refractivity contribution in [2.75, 3.05) is 19.6 Å². The van der Waals surface area contributed by atoms with Crippen molar-refractivity contribution in [2.24, 2.45) is 5.92 Å². The molecule has 26 heavy (non-hydrogen) atoms. The van der Waals surface area contributed by atoms with Gasteiger partial charge in [0.05, 0.1) is 10.4 Å². The van der Waals surface area contributed by atoms with Gasteiger partial charge in [0.1, 0.15) is 0 Å². The molecule has 0 spiro atoms. The Morgan fingerprint density at radius 3 is 2.38 bits per heavy atom. The predicted molar refractivity (Wildman–Crippen MR) is 95.2 cm³/mol. The fraction of sp³-hybridized carbons (Fsp3) is 0.421. The SMILES string of the molecule is O=C(N[C@H]1CN2CCC1CC2)c1cc(-c2ccc(C(F)(F)F)cc2)cs1. The van der Waals surface area contributed by atoms with Crippen molar-refractivity contribution in [3.63, 3.8) is 0 Å². The van der Waals surface area contributed by atoms with Gasteiger partial charge >= 0.3 is 6.18 Å². The van der Waals surface area contributed by atoms with Crippen molar-refractivity contribution in [3.05, 3.63) is 46.2 Å². The lowest BCUT2D eigenvalue weighted by Crippen LogP contribution is -2.57. The average Bonchev–Trinajstić information content (AvgIpc) is 3.12. The number of carbonyl (C=O) groups excluding carboxylic acids is 1. The Morgan fingerprint density at radius 2 is 1.81 bits per heavy atom. The van der Waals surface area contributed by atoms with Crippen LogP contribution in [0.1, 0.15) is 28.1 Å². The van der Waals surface area contributed by atoms with Crippen LogP contribution in [0.3, 0.4) is 0 Å². The number of benzene rings is 1. The molecule has 1 aromatic carbocycles. The molecule has 3 aliphatic rings. The molecule has 3 saturated heterocycles. The second-order valence-electron chi connectivity index (χ2n) is 6.99. The van der Waals surface area contributed by atoms with Gasteiger partial charge in [-0.25, -0.2) is 0 Å². The van der Waals surface area contributed by atoms with Gasteiger partial charge in [-0.2, -0.15) is 13.2 Å². The molecule has 3 aliphatic heterocycles. The van der Waals surface area contributed by atoms with Gasteiger partial charge in [-0.3, -0.25) is 4.79 Å². The van der Waals surface area contributed by atoms with Crippen LogP contribution in [0.25, 0.3) is 11.1 Å². The number of hydrogen-bond acceptors (Lipinski definition) is 3. The molecular weight excluding hydrogens is 361 g/mol. The molecule has 5 rings (SSSR count). The number of nitrogens with zero attached hydrogens (tertiary/aromatic N) is 1. The molecule has 4 heterocycles. The third kappa shape index (κ3) is 3.50. The van der Waals surface area contributed by atoms with Crippen molar-refractivity contribution < 1.29 is 18.0 Å². The quantitative estimate of drug-likeness (QED) is 0.863. The first-order valence-corrected chi connectivity index (χ1v) is 9.57. The van der Waals surface area contributed by atoms with Gasteiger partial charge in [0.15, 0.2) is 0 Å². The highest BCUT2D eigenvalue weighted by atomic mass is 32.1. The van der Waals surface area contributed by atoms with Gasteiger partial charge in [-0.1, -0.05) is 12.1 Å². The third-order valence-corrected chi connectivity index (χ3v) is 6.27. The van der Waals surface area contributed by atoms with Crippen LogP contribution in [0.5, 0.6) is 0 Å². The van der Waals surface area contributed by atoms with Crippen LogP contribution in [0.15, 0.2) is 35.7 Å². The maximum atomic E-state index is 12.7. The summed E-state index contributed by atoms with van der Waals surface area (Å²) in [5.41, 5.74) is 0.774. The fourth-order valence-electron chi connectivity index (χ4n) is 3.83. The smallest absolute Gasteiger partial charge is 0.347 e. The van der Waals surface area contributed by atoms with E-state index >= 15 is 0 Å². The van der Waals surface area contributed by atoms with Gasteiger partial charge in [0.25, 0.3) is 5.91 Å². The summed E-state index contributed by atoms with van der Waals surface area (Å²) in [6.45, 7) is 3.15. The molecule has 0 aliphatic carbocycles. The Bertz CT molecular complexity index is 792. The monoisotopic (exact) mass is 380 g/mol. The Balaban J connectivity index is 1.45. The number of rotatable bonds is 3. The molecule has 3 fully saturated rings. The van der Waals surface area contributed by atoms with Crippen molar-refractivity contribution in [3.8, 4) is 11.1 Å². The number of nitrogens with one attached hydrogen (secondary N) is 1. The summed E-state index contributed by atoms with van der Waals surface area (Å²) in [7, 11) is 0. The second-order valence-corrected chi connectivity index (χ2v) is 7.90. The van der Waals surface area contributed by atoms with Crippen LogP contribution in [0, 0.1) is 5.92 Å². The number of thiophene rings is 1. The summed E-state index contributed by atoms with van der Waals surface area (Å²) in [6.07, 6.45) is -2.08. The molecule has 2 bridgehead atoms. The molecule has 1 N–H and O–H groups in total. The number of fused-ring (bicyclic) bond motifs is 3. The van der Waals surface area contributed by atoms with Crippen LogP contribution >= 0.6 is 11.3 Å². The van der Waals surface area contributed by atoms with Gasteiger partial charge in [0.2, 0.25) is 0 Å². The summed E-state index contributed by atoms with van der Waals surface area (Å²) in [5, 5.41) is 4.95. The Kier molecular flexibility index (Phi) is 4.52. The zero-order valence-electron chi connectivity index (χ0n) is 14.1. The summed E-state index contributed by atoms with van der Waals surface area (Å²) < 4.78 is 38.0. The maximum Gasteiger partial charge on any atom is 0.416 e. The van der Waals surface area contributed by atoms with E-state index in [1.54, 1.807) is 6.07 Å². The van der Waals surface area contributed by atoms with Crippen molar-refractivity contribution >= 4 is 17.2 Å². The largest absolute Gasteiger partial charge is 0.416 e. The molecule has 1 atom stereocenters. The lowest BCUT2D eigenvalue weighted by molar-refractivity contribution is -0.137. The Hall–Kier alpha value is -1.86. The predicted octanol–water partition coefficient (Wildman–Crippen LogP) is 4.26. The molecular formula is C19H19F3N2OS. The summed E-state index contributed by atoms with van der Waals surface area (Å²) >= 11 is 1.32. The summed E-state index contributed by atoms with van der Waals surface area (Å²) in [4.78, 5) is 15.5.